The van der Waals surface area contributed by atoms with E-state index >= 15 is 0 Å². The Morgan fingerprint density at radius 2 is 1.33 bits per heavy atom. The summed E-state index contributed by atoms with van der Waals surface area (Å²) in [6.45, 7) is 4.17. The number of morpholine rings is 1. The van der Waals surface area contributed by atoms with Gasteiger partial charge in [-0.05, 0) is 71.8 Å². The first-order chi connectivity index (χ1) is 20.3. The maximum absolute atomic E-state index is 13.8. The molecule has 0 radical (unpaired) electrons. The lowest BCUT2D eigenvalue weighted by Gasteiger charge is -2.30. The lowest BCUT2D eigenvalue weighted by molar-refractivity contribution is -0.113. The molecule has 2 aliphatic rings. The summed E-state index contributed by atoms with van der Waals surface area (Å²) in [5, 5.41) is 0. The highest BCUT2D eigenvalue weighted by Gasteiger charge is 2.30. The molecule has 0 aromatic heterocycles. The number of halogens is 4. The fourth-order valence-corrected chi connectivity index (χ4v) is 4.78. The third-order valence-corrected chi connectivity index (χ3v) is 7.04. The van der Waals surface area contributed by atoms with Gasteiger partial charge < -0.3 is 14.4 Å². The van der Waals surface area contributed by atoms with Gasteiger partial charge in [-0.3, -0.25) is 14.5 Å². The normalized spacial score (nSPS) is 18.1. The Labute approximate surface area is 240 Å². The minimum absolute atomic E-state index is 0.0937. The molecule has 0 unspecified atom stereocenters. The molecule has 0 atom stereocenters. The van der Waals surface area contributed by atoms with Crippen LogP contribution in [0.4, 0.5) is 17.6 Å². The molecular formula is C32H28F4N2O4. The number of ether oxygens (including phenoxy) is 2. The van der Waals surface area contributed by atoms with E-state index in [1.54, 1.807) is 24.3 Å². The number of Topliss-reactive ketones (excluding diaryl/α,β-unsaturated/α-hetero) is 1. The van der Waals surface area contributed by atoms with Gasteiger partial charge in [0.1, 0.15) is 12.4 Å². The molecule has 5 rings (SSSR count). The van der Waals surface area contributed by atoms with Gasteiger partial charge in [-0.1, -0.05) is 12.1 Å². The smallest absolute Gasteiger partial charge is 0.254 e. The second-order valence-corrected chi connectivity index (χ2v) is 10.0. The van der Waals surface area contributed by atoms with Crippen LogP contribution in [-0.4, -0.2) is 74.0 Å². The Balaban J connectivity index is 1.36. The molecular weight excluding hydrogens is 552 g/mol. The fraction of sp³-hybridized carbons (Fsp3) is 0.250. The van der Waals surface area contributed by atoms with Crippen LogP contribution in [-0.2, 0) is 9.53 Å². The van der Waals surface area contributed by atoms with Crippen molar-refractivity contribution in [3.05, 3.63) is 112 Å². The van der Waals surface area contributed by atoms with E-state index in [0.717, 1.165) is 43.9 Å². The Bertz CT molecular complexity index is 1460. The van der Waals surface area contributed by atoms with Crippen LogP contribution in [0.2, 0.25) is 0 Å². The lowest BCUT2D eigenvalue weighted by atomic mass is 9.93. The summed E-state index contributed by atoms with van der Waals surface area (Å²) in [5.41, 5.74) is 1.12. The number of ketones is 1. The summed E-state index contributed by atoms with van der Waals surface area (Å²) in [6, 6.07) is 13.1. The second kappa shape index (κ2) is 13.1. The minimum Gasteiger partial charge on any atom is -0.492 e. The van der Waals surface area contributed by atoms with Crippen molar-refractivity contribution in [1.29, 1.82) is 0 Å². The average Bonchev–Trinajstić information content (AvgIpc) is 2.99. The van der Waals surface area contributed by atoms with Crippen molar-refractivity contribution < 1.29 is 36.6 Å². The third-order valence-electron chi connectivity index (χ3n) is 7.04. The van der Waals surface area contributed by atoms with Gasteiger partial charge in [-0.15, -0.1) is 0 Å². The number of amides is 1. The fourth-order valence-electron chi connectivity index (χ4n) is 4.78. The molecule has 2 fully saturated rings. The zero-order chi connectivity index (χ0) is 29.6. The monoisotopic (exact) mass is 580 g/mol. The molecule has 10 heteroatoms. The first kappa shape index (κ1) is 29.2. The number of nitrogens with zero attached hydrogens (tertiary/aromatic N) is 2. The highest BCUT2D eigenvalue weighted by Crippen LogP contribution is 2.25. The van der Waals surface area contributed by atoms with E-state index in [1.807, 2.05) is 0 Å². The van der Waals surface area contributed by atoms with Crippen LogP contribution in [0.1, 0.15) is 21.5 Å². The van der Waals surface area contributed by atoms with E-state index in [0.29, 0.717) is 31.1 Å². The molecule has 0 N–H and O–H groups in total. The van der Waals surface area contributed by atoms with Gasteiger partial charge in [-0.2, -0.15) is 0 Å². The molecule has 0 saturated carbocycles. The van der Waals surface area contributed by atoms with Crippen LogP contribution in [0, 0.1) is 23.3 Å². The summed E-state index contributed by atoms with van der Waals surface area (Å²) in [4.78, 5) is 30.5. The van der Waals surface area contributed by atoms with Crippen LogP contribution in [0.15, 0.2) is 71.8 Å². The van der Waals surface area contributed by atoms with E-state index in [4.69, 9.17) is 9.47 Å². The van der Waals surface area contributed by atoms with Crippen molar-refractivity contribution in [1.82, 2.24) is 9.80 Å². The van der Waals surface area contributed by atoms with Crippen LogP contribution in [0.25, 0.3) is 12.2 Å². The van der Waals surface area contributed by atoms with Gasteiger partial charge in [0.25, 0.3) is 5.91 Å². The Morgan fingerprint density at radius 3 is 1.86 bits per heavy atom. The molecule has 42 heavy (non-hydrogen) atoms. The van der Waals surface area contributed by atoms with Crippen molar-refractivity contribution in [3.8, 4) is 5.75 Å². The zero-order valence-corrected chi connectivity index (χ0v) is 22.6. The van der Waals surface area contributed by atoms with Crippen LogP contribution in [0.3, 0.4) is 0 Å². The number of hydrogen-bond acceptors (Lipinski definition) is 5. The highest BCUT2D eigenvalue weighted by atomic mass is 19.2. The average molecular weight is 581 g/mol. The first-order valence-corrected chi connectivity index (χ1v) is 13.4. The third kappa shape index (κ3) is 7.13. The summed E-state index contributed by atoms with van der Waals surface area (Å²) >= 11 is 0. The van der Waals surface area contributed by atoms with E-state index in [-0.39, 0.29) is 41.3 Å². The van der Waals surface area contributed by atoms with E-state index in [2.05, 4.69) is 4.90 Å². The standard InChI is InChI=1S/C32H28F4N2O4/c33-27-7-1-21(17-29(27)35)15-24-19-38(20-25(31(24)39)16-22-2-8-28(34)30(36)18-22)32(40)23-3-5-26(6-4-23)42-14-11-37-9-12-41-13-10-37/h1-8,15-18H,9-14,19-20H2/b24-15+,25-16+. The topological polar surface area (TPSA) is 59.1 Å². The number of carbonyl (C=O) groups excluding carboxylic acids is 2. The molecule has 3 aromatic carbocycles. The summed E-state index contributed by atoms with van der Waals surface area (Å²) in [6.07, 6.45) is 2.77. The predicted octanol–water partition coefficient (Wildman–Crippen LogP) is 5.15. The van der Waals surface area contributed by atoms with Crippen LogP contribution >= 0.6 is 0 Å². The second-order valence-electron chi connectivity index (χ2n) is 10.0. The van der Waals surface area contributed by atoms with Crippen molar-refractivity contribution >= 4 is 23.8 Å². The van der Waals surface area contributed by atoms with Gasteiger partial charge in [0.05, 0.1) is 26.3 Å². The van der Waals surface area contributed by atoms with Crippen LogP contribution < -0.4 is 4.74 Å². The number of hydrogen-bond donors (Lipinski definition) is 0. The minimum atomic E-state index is -1.08. The van der Waals surface area contributed by atoms with Gasteiger partial charge in [0.15, 0.2) is 29.1 Å². The van der Waals surface area contributed by atoms with Gasteiger partial charge in [0.2, 0.25) is 0 Å². The van der Waals surface area contributed by atoms with Gasteiger partial charge >= 0.3 is 0 Å². The van der Waals surface area contributed by atoms with Crippen molar-refractivity contribution in [2.24, 2.45) is 0 Å². The number of likely N-dealkylation sites (tertiary alicyclic amines) is 1. The summed E-state index contributed by atoms with van der Waals surface area (Å²) < 4.78 is 65.8. The number of rotatable bonds is 7. The van der Waals surface area contributed by atoms with E-state index < -0.39 is 29.1 Å². The number of piperidine rings is 1. The molecule has 0 bridgehead atoms. The molecule has 2 saturated heterocycles. The van der Waals surface area contributed by atoms with Crippen molar-refractivity contribution in [2.75, 3.05) is 52.5 Å². The van der Waals surface area contributed by atoms with E-state index in [1.165, 1.54) is 29.2 Å². The Morgan fingerprint density at radius 1 is 0.786 bits per heavy atom. The number of benzene rings is 3. The van der Waals surface area contributed by atoms with Crippen molar-refractivity contribution in [2.45, 2.75) is 0 Å². The highest BCUT2D eigenvalue weighted by molar-refractivity contribution is 6.15. The summed E-state index contributed by atoms with van der Waals surface area (Å²) in [7, 11) is 0. The molecule has 2 aliphatic heterocycles. The molecule has 218 valence electrons. The first-order valence-electron chi connectivity index (χ1n) is 13.4. The molecule has 2 heterocycles. The van der Waals surface area contributed by atoms with Crippen LogP contribution in [0.5, 0.6) is 5.75 Å². The van der Waals surface area contributed by atoms with Gasteiger partial charge in [0, 0.05) is 36.3 Å². The lowest BCUT2D eigenvalue weighted by Crippen LogP contribution is -2.41. The zero-order valence-electron chi connectivity index (χ0n) is 22.6. The van der Waals surface area contributed by atoms with E-state index in [9.17, 15) is 27.2 Å². The molecule has 6 nitrogen and oxygen atoms in total. The molecule has 0 aliphatic carbocycles. The summed E-state index contributed by atoms with van der Waals surface area (Å²) in [5.74, 6) is -4.44. The Hall–Kier alpha value is -4.28. The molecule has 3 aromatic rings. The Kier molecular flexibility index (Phi) is 9.14. The molecule has 1 amide bonds. The largest absolute Gasteiger partial charge is 0.492 e. The predicted molar refractivity (Wildman–Crippen MR) is 149 cm³/mol. The maximum Gasteiger partial charge on any atom is 0.254 e. The number of carbonyl (C=O) groups is 2. The SMILES string of the molecule is O=C1/C(=C/c2ccc(F)c(F)c2)CN(C(=O)c2ccc(OCCN3CCOCC3)cc2)C/C1=C\c1ccc(F)c(F)c1. The molecule has 0 spiro atoms. The maximum atomic E-state index is 13.8. The van der Waals surface area contributed by atoms with Crippen molar-refractivity contribution in [3.63, 3.8) is 0 Å². The quantitative estimate of drug-likeness (QED) is 0.286. The van der Waals surface area contributed by atoms with Gasteiger partial charge in [-0.25, -0.2) is 17.6 Å².